The first kappa shape index (κ1) is 19.3. The molecule has 0 amide bonds. The zero-order chi connectivity index (χ0) is 20.3. The first-order valence-electron chi connectivity index (χ1n) is 8.36. The van der Waals surface area contributed by atoms with Crippen molar-refractivity contribution >= 4 is 23.5 Å². The number of ketones is 1. The molecular weight excluding hydrogens is 380 g/mol. The second kappa shape index (κ2) is 8.06. The lowest BCUT2D eigenvalue weighted by atomic mass is 10.0. The number of hydrogen-bond donors (Lipinski definition) is 3. The summed E-state index contributed by atoms with van der Waals surface area (Å²) in [5.41, 5.74) is 1.26. The summed E-state index contributed by atoms with van der Waals surface area (Å²) >= 11 is 5.72. The SMILES string of the molecule is Cc1cc(Oc2ccccc2)ccc1/C=C/C(=O)c1c(O)cc(O)c(Cl)c1O. The van der Waals surface area contributed by atoms with Crippen molar-refractivity contribution in [2.24, 2.45) is 0 Å². The Morgan fingerprint density at radius 3 is 2.36 bits per heavy atom. The summed E-state index contributed by atoms with van der Waals surface area (Å²) in [4.78, 5) is 12.4. The van der Waals surface area contributed by atoms with Gasteiger partial charge in [0.05, 0.1) is 0 Å². The molecule has 0 saturated heterocycles. The van der Waals surface area contributed by atoms with Gasteiger partial charge in [-0.3, -0.25) is 4.79 Å². The van der Waals surface area contributed by atoms with Gasteiger partial charge in [0.1, 0.15) is 33.6 Å². The lowest BCUT2D eigenvalue weighted by Gasteiger charge is -2.09. The van der Waals surface area contributed by atoms with Crippen LogP contribution in [0.2, 0.25) is 5.02 Å². The fraction of sp³-hybridized carbons (Fsp3) is 0.0455. The number of allylic oxidation sites excluding steroid dienone is 1. The van der Waals surface area contributed by atoms with Crippen molar-refractivity contribution in [1.82, 2.24) is 0 Å². The van der Waals surface area contributed by atoms with Gasteiger partial charge in [-0.25, -0.2) is 0 Å². The predicted octanol–water partition coefficient (Wildman–Crippen LogP) is 5.45. The van der Waals surface area contributed by atoms with Crippen molar-refractivity contribution in [3.05, 3.63) is 82.4 Å². The number of aromatic hydroxyl groups is 3. The van der Waals surface area contributed by atoms with Crippen LogP contribution in [0.25, 0.3) is 6.08 Å². The summed E-state index contributed by atoms with van der Waals surface area (Å²) in [5.74, 6) is -1.01. The highest BCUT2D eigenvalue weighted by Crippen LogP contribution is 2.41. The number of carbonyl (C=O) groups is 1. The van der Waals surface area contributed by atoms with Crippen LogP contribution in [-0.4, -0.2) is 21.1 Å². The van der Waals surface area contributed by atoms with Crippen LogP contribution >= 0.6 is 11.6 Å². The Morgan fingerprint density at radius 2 is 1.68 bits per heavy atom. The normalized spacial score (nSPS) is 10.9. The van der Waals surface area contributed by atoms with Crippen LogP contribution in [0.3, 0.4) is 0 Å². The third-order valence-corrected chi connectivity index (χ3v) is 4.45. The molecule has 0 radical (unpaired) electrons. The van der Waals surface area contributed by atoms with Crippen LogP contribution < -0.4 is 4.74 Å². The highest BCUT2D eigenvalue weighted by Gasteiger charge is 2.20. The van der Waals surface area contributed by atoms with E-state index in [1.807, 2.05) is 43.3 Å². The molecule has 0 bridgehead atoms. The number of phenols is 3. The molecule has 0 unspecified atom stereocenters. The number of hydrogen-bond acceptors (Lipinski definition) is 5. The summed E-state index contributed by atoms with van der Waals surface area (Å²) in [5, 5.41) is 28.9. The Hall–Kier alpha value is -3.44. The molecule has 3 rings (SSSR count). The largest absolute Gasteiger partial charge is 0.507 e. The average Bonchev–Trinajstić information content (AvgIpc) is 2.66. The van der Waals surface area contributed by atoms with Gasteiger partial charge in [0.15, 0.2) is 11.5 Å². The summed E-state index contributed by atoms with van der Waals surface area (Å²) in [6, 6.07) is 15.7. The highest BCUT2D eigenvalue weighted by molar-refractivity contribution is 6.34. The number of rotatable bonds is 5. The minimum absolute atomic E-state index is 0.374. The third-order valence-electron chi connectivity index (χ3n) is 4.08. The van der Waals surface area contributed by atoms with E-state index in [1.165, 1.54) is 6.08 Å². The zero-order valence-corrected chi connectivity index (χ0v) is 15.6. The van der Waals surface area contributed by atoms with Crippen molar-refractivity contribution in [2.75, 3.05) is 0 Å². The summed E-state index contributed by atoms with van der Waals surface area (Å²) in [6.07, 6.45) is 2.77. The molecule has 3 aromatic carbocycles. The summed E-state index contributed by atoms with van der Waals surface area (Å²) in [7, 11) is 0. The molecule has 28 heavy (non-hydrogen) atoms. The Morgan fingerprint density at radius 1 is 0.964 bits per heavy atom. The third kappa shape index (κ3) is 4.10. The van der Waals surface area contributed by atoms with Crippen LogP contribution in [-0.2, 0) is 0 Å². The Balaban J connectivity index is 1.81. The maximum absolute atomic E-state index is 12.4. The van der Waals surface area contributed by atoms with Crippen LogP contribution in [0, 0.1) is 6.92 Å². The topological polar surface area (TPSA) is 87.0 Å². The van der Waals surface area contributed by atoms with Crippen molar-refractivity contribution in [3.63, 3.8) is 0 Å². The molecular formula is C22H17ClO5. The molecule has 5 nitrogen and oxygen atoms in total. The fourth-order valence-corrected chi connectivity index (χ4v) is 2.78. The minimum atomic E-state index is -0.669. The van der Waals surface area contributed by atoms with Crippen molar-refractivity contribution in [1.29, 1.82) is 0 Å². The molecule has 142 valence electrons. The van der Waals surface area contributed by atoms with Crippen LogP contribution in [0.15, 0.2) is 60.7 Å². The molecule has 3 N–H and O–H groups in total. The highest BCUT2D eigenvalue weighted by atomic mass is 35.5. The Labute approximate surface area is 166 Å². The molecule has 0 aromatic heterocycles. The van der Waals surface area contributed by atoms with Gasteiger partial charge in [-0.1, -0.05) is 41.9 Å². The molecule has 0 saturated carbocycles. The van der Waals surface area contributed by atoms with E-state index >= 15 is 0 Å². The maximum Gasteiger partial charge on any atom is 0.193 e. The molecule has 0 heterocycles. The van der Waals surface area contributed by atoms with Gasteiger partial charge in [0, 0.05) is 6.07 Å². The number of para-hydroxylation sites is 1. The molecule has 6 heteroatoms. The Bertz CT molecular complexity index is 1060. The number of aryl methyl sites for hydroxylation is 1. The van der Waals surface area contributed by atoms with E-state index in [4.69, 9.17) is 16.3 Å². The summed E-state index contributed by atoms with van der Waals surface area (Å²) < 4.78 is 5.77. The second-order valence-electron chi connectivity index (χ2n) is 6.08. The molecule has 3 aromatic rings. The van der Waals surface area contributed by atoms with Crippen LogP contribution in [0.4, 0.5) is 0 Å². The fourth-order valence-electron chi connectivity index (χ4n) is 2.63. The van der Waals surface area contributed by atoms with E-state index in [0.717, 1.165) is 22.9 Å². The number of carbonyl (C=O) groups excluding carboxylic acids is 1. The summed E-state index contributed by atoms with van der Waals surface area (Å²) in [6.45, 7) is 1.87. The molecule has 0 aliphatic rings. The van der Waals surface area contributed by atoms with Gasteiger partial charge >= 0.3 is 0 Å². The molecule has 0 fully saturated rings. The van der Waals surface area contributed by atoms with Gasteiger partial charge in [-0.05, 0) is 48.4 Å². The van der Waals surface area contributed by atoms with Crippen LogP contribution in [0.5, 0.6) is 28.7 Å². The van der Waals surface area contributed by atoms with Crippen molar-refractivity contribution in [2.45, 2.75) is 6.92 Å². The van der Waals surface area contributed by atoms with Gasteiger partial charge < -0.3 is 20.1 Å². The van der Waals surface area contributed by atoms with Crippen LogP contribution in [0.1, 0.15) is 21.5 Å². The van der Waals surface area contributed by atoms with E-state index < -0.39 is 28.1 Å². The number of ether oxygens (including phenoxy) is 1. The number of phenolic OH excluding ortho intramolecular Hbond substituents is 3. The quantitative estimate of drug-likeness (QED) is 0.394. The monoisotopic (exact) mass is 396 g/mol. The van der Waals surface area contributed by atoms with Gasteiger partial charge in [-0.2, -0.15) is 0 Å². The molecule has 0 spiro atoms. The minimum Gasteiger partial charge on any atom is -0.507 e. The van der Waals surface area contributed by atoms with Gasteiger partial charge in [0.25, 0.3) is 0 Å². The van der Waals surface area contributed by atoms with Crippen molar-refractivity contribution in [3.8, 4) is 28.7 Å². The standard InChI is InChI=1S/C22H17ClO5/c1-13-11-16(28-15-5-3-2-4-6-15)9-7-14(13)8-10-17(24)20-18(25)12-19(26)21(23)22(20)27/h2-12,25-27H,1H3/b10-8+. The molecule has 0 aliphatic heterocycles. The van der Waals surface area contributed by atoms with Gasteiger partial charge in [0.2, 0.25) is 0 Å². The van der Waals surface area contributed by atoms with Gasteiger partial charge in [-0.15, -0.1) is 0 Å². The molecule has 0 atom stereocenters. The number of benzene rings is 3. The zero-order valence-electron chi connectivity index (χ0n) is 14.9. The first-order chi connectivity index (χ1) is 13.4. The number of halogens is 1. The van der Waals surface area contributed by atoms with Crippen molar-refractivity contribution < 1.29 is 24.9 Å². The smallest absolute Gasteiger partial charge is 0.193 e. The van der Waals surface area contributed by atoms with E-state index in [-0.39, 0.29) is 5.56 Å². The lowest BCUT2D eigenvalue weighted by molar-refractivity contribution is 0.104. The van der Waals surface area contributed by atoms with E-state index in [9.17, 15) is 20.1 Å². The maximum atomic E-state index is 12.4. The Kier molecular flexibility index (Phi) is 5.57. The predicted molar refractivity (Wildman–Crippen MR) is 108 cm³/mol. The average molecular weight is 397 g/mol. The second-order valence-corrected chi connectivity index (χ2v) is 6.46. The van der Waals surface area contributed by atoms with E-state index in [1.54, 1.807) is 18.2 Å². The van der Waals surface area contributed by atoms with E-state index in [0.29, 0.717) is 5.75 Å². The first-order valence-corrected chi connectivity index (χ1v) is 8.74. The van der Waals surface area contributed by atoms with E-state index in [2.05, 4.69) is 0 Å². The molecule has 0 aliphatic carbocycles. The lowest BCUT2D eigenvalue weighted by Crippen LogP contribution is -1.97.